The van der Waals surface area contributed by atoms with Gasteiger partial charge in [0.1, 0.15) is 17.6 Å². The molecule has 0 bridgehead atoms. The van der Waals surface area contributed by atoms with Crippen LogP contribution in [0, 0.1) is 5.92 Å². The van der Waals surface area contributed by atoms with Gasteiger partial charge in [0.2, 0.25) is 0 Å². The Balaban J connectivity index is 2.70. The fourth-order valence-electron chi connectivity index (χ4n) is 1.25. The molecular formula is C11H18O2. The third-order valence-corrected chi connectivity index (χ3v) is 2.51. The van der Waals surface area contributed by atoms with Crippen LogP contribution < -0.4 is 0 Å². The molecule has 0 amide bonds. The van der Waals surface area contributed by atoms with Crippen LogP contribution in [0.1, 0.15) is 44.8 Å². The Morgan fingerprint density at radius 2 is 2.08 bits per heavy atom. The molecule has 1 heterocycles. The lowest BCUT2D eigenvalue weighted by atomic mass is 10.0. The molecule has 1 N–H and O–H groups in total. The maximum absolute atomic E-state index is 9.80. The molecule has 1 rings (SSSR count). The second kappa shape index (κ2) is 4.47. The van der Waals surface area contributed by atoms with Crippen LogP contribution in [-0.2, 0) is 6.42 Å². The number of furan rings is 1. The van der Waals surface area contributed by atoms with Crippen LogP contribution in [-0.4, -0.2) is 5.11 Å². The van der Waals surface area contributed by atoms with Gasteiger partial charge in [0, 0.05) is 6.42 Å². The smallest absolute Gasteiger partial charge is 0.132 e. The van der Waals surface area contributed by atoms with Gasteiger partial charge in [0.05, 0.1) is 0 Å². The number of rotatable bonds is 4. The molecule has 2 unspecified atom stereocenters. The molecule has 0 spiro atoms. The Hall–Kier alpha value is -0.760. The van der Waals surface area contributed by atoms with E-state index in [2.05, 4.69) is 6.92 Å². The monoisotopic (exact) mass is 182 g/mol. The number of aliphatic hydroxyl groups excluding tert-OH is 1. The van der Waals surface area contributed by atoms with Gasteiger partial charge in [-0.25, -0.2) is 0 Å². The first-order chi connectivity index (χ1) is 6.19. The number of aliphatic hydroxyl groups is 1. The second-order valence-corrected chi connectivity index (χ2v) is 3.49. The summed E-state index contributed by atoms with van der Waals surface area (Å²) in [6.45, 7) is 6.13. The topological polar surface area (TPSA) is 33.4 Å². The van der Waals surface area contributed by atoms with E-state index in [1.165, 1.54) is 0 Å². The average molecular weight is 182 g/mol. The molecule has 0 aliphatic heterocycles. The highest BCUT2D eigenvalue weighted by molar-refractivity contribution is 5.09. The predicted octanol–water partition coefficient (Wildman–Crippen LogP) is 2.92. The summed E-state index contributed by atoms with van der Waals surface area (Å²) in [4.78, 5) is 0. The summed E-state index contributed by atoms with van der Waals surface area (Å²) in [6, 6.07) is 3.80. The van der Waals surface area contributed by atoms with Gasteiger partial charge in [-0.15, -0.1) is 0 Å². The highest BCUT2D eigenvalue weighted by atomic mass is 16.4. The Kier molecular flexibility index (Phi) is 3.55. The van der Waals surface area contributed by atoms with E-state index in [9.17, 15) is 5.11 Å². The van der Waals surface area contributed by atoms with Crippen LogP contribution in [0.4, 0.5) is 0 Å². The van der Waals surface area contributed by atoms with E-state index in [1.54, 1.807) is 0 Å². The maximum Gasteiger partial charge on any atom is 0.132 e. The molecule has 0 saturated heterocycles. The van der Waals surface area contributed by atoms with Crippen molar-refractivity contribution >= 4 is 0 Å². The van der Waals surface area contributed by atoms with E-state index in [1.807, 2.05) is 26.0 Å². The molecule has 0 fully saturated rings. The number of hydrogen-bond donors (Lipinski definition) is 1. The summed E-state index contributed by atoms with van der Waals surface area (Å²) in [5, 5.41) is 9.80. The van der Waals surface area contributed by atoms with E-state index < -0.39 is 6.10 Å². The fraction of sp³-hybridized carbons (Fsp3) is 0.636. The van der Waals surface area contributed by atoms with E-state index in [0.29, 0.717) is 5.76 Å². The van der Waals surface area contributed by atoms with Crippen molar-refractivity contribution in [3.8, 4) is 0 Å². The van der Waals surface area contributed by atoms with E-state index in [-0.39, 0.29) is 5.92 Å². The van der Waals surface area contributed by atoms with Gasteiger partial charge >= 0.3 is 0 Å². The lowest BCUT2D eigenvalue weighted by Crippen LogP contribution is -2.06. The zero-order valence-electron chi connectivity index (χ0n) is 8.58. The molecule has 13 heavy (non-hydrogen) atoms. The first-order valence-corrected chi connectivity index (χ1v) is 4.95. The zero-order chi connectivity index (χ0) is 9.84. The summed E-state index contributed by atoms with van der Waals surface area (Å²) in [5.74, 6) is 1.90. The van der Waals surface area contributed by atoms with Crippen molar-refractivity contribution in [1.82, 2.24) is 0 Å². The molecule has 74 valence electrons. The maximum atomic E-state index is 9.80. The summed E-state index contributed by atoms with van der Waals surface area (Å²) in [5.41, 5.74) is 0. The molecule has 0 aromatic carbocycles. The molecule has 2 atom stereocenters. The normalized spacial score (nSPS) is 15.7. The van der Waals surface area contributed by atoms with Crippen LogP contribution in [0.3, 0.4) is 0 Å². The number of hydrogen-bond acceptors (Lipinski definition) is 2. The summed E-state index contributed by atoms with van der Waals surface area (Å²) >= 11 is 0. The van der Waals surface area contributed by atoms with Crippen molar-refractivity contribution in [1.29, 1.82) is 0 Å². The summed E-state index contributed by atoms with van der Waals surface area (Å²) < 4.78 is 5.47. The predicted molar refractivity (Wildman–Crippen MR) is 52.5 cm³/mol. The van der Waals surface area contributed by atoms with E-state index in [4.69, 9.17) is 4.42 Å². The van der Waals surface area contributed by atoms with E-state index >= 15 is 0 Å². The quantitative estimate of drug-likeness (QED) is 0.776. The van der Waals surface area contributed by atoms with Crippen molar-refractivity contribution in [2.24, 2.45) is 5.92 Å². The molecule has 0 radical (unpaired) electrons. The van der Waals surface area contributed by atoms with Gasteiger partial charge in [-0.05, 0) is 18.1 Å². The van der Waals surface area contributed by atoms with Crippen LogP contribution in [0.5, 0.6) is 0 Å². The Bertz CT molecular complexity index is 252. The second-order valence-electron chi connectivity index (χ2n) is 3.49. The van der Waals surface area contributed by atoms with Crippen LogP contribution in [0.25, 0.3) is 0 Å². The molecule has 1 aromatic rings. The minimum atomic E-state index is -0.453. The van der Waals surface area contributed by atoms with Gasteiger partial charge in [0.15, 0.2) is 0 Å². The third kappa shape index (κ3) is 2.34. The summed E-state index contributed by atoms with van der Waals surface area (Å²) in [6.07, 6.45) is 1.39. The van der Waals surface area contributed by atoms with Crippen molar-refractivity contribution in [2.45, 2.75) is 39.7 Å². The first-order valence-electron chi connectivity index (χ1n) is 4.95. The van der Waals surface area contributed by atoms with Crippen LogP contribution >= 0.6 is 0 Å². The molecule has 0 aliphatic rings. The third-order valence-electron chi connectivity index (χ3n) is 2.51. The minimum Gasteiger partial charge on any atom is -0.463 e. The van der Waals surface area contributed by atoms with Gasteiger partial charge in [-0.2, -0.15) is 0 Å². The Morgan fingerprint density at radius 1 is 1.38 bits per heavy atom. The first kappa shape index (κ1) is 10.3. The van der Waals surface area contributed by atoms with Crippen LogP contribution in [0.2, 0.25) is 0 Å². The molecule has 1 aromatic heterocycles. The molecule has 0 aliphatic carbocycles. The fourth-order valence-corrected chi connectivity index (χ4v) is 1.25. The van der Waals surface area contributed by atoms with Gasteiger partial charge in [-0.3, -0.25) is 0 Å². The molecule has 0 saturated carbocycles. The minimum absolute atomic E-state index is 0.260. The lowest BCUT2D eigenvalue weighted by Gasteiger charge is -2.14. The highest BCUT2D eigenvalue weighted by Gasteiger charge is 2.17. The standard InChI is InChI=1S/C11H18O2/c1-4-8(3)11(12)10-7-6-9(5-2)13-10/h6-8,11-12H,4-5H2,1-3H3. The number of aryl methyl sites for hydroxylation is 1. The van der Waals surface area contributed by atoms with Gasteiger partial charge in [0.25, 0.3) is 0 Å². The van der Waals surface area contributed by atoms with Crippen molar-refractivity contribution in [3.05, 3.63) is 23.7 Å². The van der Waals surface area contributed by atoms with Crippen LogP contribution in [0.15, 0.2) is 16.5 Å². The van der Waals surface area contributed by atoms with E-state index in [0.717, 1.165) is 18.6 Å². The molecule has 2 nitrogen and oxygen atoms in total. The highest BCUT2D eigenvalue weighted by Crippen LogP contribution is 2.25. The van der Waals surface area contributed by atoms with Gasteiger partial charge in [-0.1, -0.05) is 27.2 Å². The van der Waals surface area contributed by atoms with Crippen molar-refractivity contribution in [2.75, 3.05) is 0 Å². The van der Waals surface area contributed by atoms with Crippen molar-refractivity contribution < 1.29 is 9.52 Å². The van der Waals surface area contributed by atoms with Gasteiger partial charge < -0.3 is 9.52 Å². The molecular weight excluding hydrogens is 164 g/mol. The largest absolute Gasteiger partial charge is 0.463 e. The average Bonchev–Trinajstić information content (AvgIpc) is 2.63. The SMILES string of the molecule is CCc1ccc(C(O)C(C)CC)o1. The molecule has 2 heteroatoms. The zero-order valence-corrected chi connectivity index (χ0v) is 8.58. The van der Waals surface area contributed by atoms with Crippen molar-refractivity contribution in [3.63, 3.8) is 0 Å². The Labute approximate surface area is 79.6 Å². The Morgan fingerprint density at radius 3 is 2.54 bits per heavy atom. The summed E-state index contributed by atoms with van der Waals surface area (Å²) in [7, 11) is 0. The lowest BCUT2D eigenvalue weighted by molar-refractivity contribution is 0.0911.